The molecule has 1 aromatic rings. The molecule has 0 aliphatic rings. The van der Waals surface area contributed by atoms with Crippen LogP contribution in [0, 0.1) is 12.8 Å². The van der Waals surface area contributed by atoms with Crippen LogP contribution in [-0.4, -0.2) is 0 Å². The van der Waals surface area contributed by atoms with E-state index in [1.54, 1.807) is 0 Å². The average Bonchev–Trinajstić information content (AvgIpc) is 2.34. The molecule has 1 rings (SSSR count). The van der Waals surface area contributed by atoms with Crippen LogP contribution < -0.4 is 0 Å². The Morgan fingerprint density at radius 1 is 1.18 bits per heavy atom. The molecule has 1 heteroatoms. The minimum Gasteiger partial charge on any atom is -0.145 e. The van der Waals surface area contributed by atoms with Crippen LogP contribution >= 0.6 is 11.3 Å². The lowest BCUT2D eigenvalue weighted by molar-refractivity contribution is 0.542. The van der Waals surface area contributed by atoms with Crippen molar-refractivity contribution in [2.75, 3.05) is 0 Å². The first kappa shape index (κ1) is 8.79. The van der Waals surface area contributed by atoms with Crippen LogP contribution in [-0.2, 0) is 0 Å². The van der Waals surface area contributed by atoms with Crippen LogP contribution in [0.1, 0.15) is 36.4 Å². The Bertz CT molecular complexity index is 223. The lowest BCUT2D eigenvalue weighted by Gasteiger charge is -2.12. The van der Waals surface area contributed by atoms with Gasteiger partial charge in [0, 0.05) is 9.75 Å². The zero-order valence-electron chi connectivity index (χ0n) is 7.72. The fraction of sp³-hybridized carbons (Fsp3) is 0.600. The van der Waals surface area contributed by atoms with Crippen molar-refractivity contribution in [1.82, 2.24) is 0 Å². The molecular formula is C10H16S. The highest BCUT2D eigenvalue weighted by atomic mass is 32.1. The molecular weight excluding hydrogens is 152 g/mol. The van der Waals surface area contributed by atoms with Gasteiger partial charge in [-0.25, -0.2) is 0 Å². The third kappa shape index (κ3) is 2.06. The van der Waals surface area contributed by atoms with Gasteiger partial charge >= 0.3 is 0 Å². The van der Waals surface area contributed by atoms with Gasteiger partial charge in [0.2, 0.25) is 0 Å². The molecule has 1 heterocycles. The summed E-state index contributed by atoms with van der Waals surface area (Å²) in [7, 11) is 0. The molecule has 62 valence electrons. The van der Waals surface area contributed by atoms with E-state index in [2.05, 4.69) is 39.8 Å². The second-order valence-corrected chi connectivity index (χ2v) is 4.80. The maximum atomic E-state index is 2.30. The number of thiophene rings is 1. The van der Waals surface area contributed by atoms with Crippen molar-refractivity contribution < 1.29 is 0 Å². The quantitative estimate of drug-likeness (QED) is 0.630. The van der Waals surface area contributed by atoms with Crippen LogP contribution in [0.4, 0.5) is 0 Å². The lowest BCUT2D eigenvalue weighted by Crippen LogP contribution is -1.98. The van der Waals surface area contributed by atoms with Crippen LogP contribution in [0.2, 0.25) is 0 Å². The summed E-state index contributed by atoms with van der Waals surface area (Å²) in [6, 6.07) is 4.46. The highest BCUT2D eigenvalue weighted by molar-refractivity contribution is 7.12. The van der Waals surface area contributed by atoms with Crippen molar-refractivity contribution in [3.05, 3.63) is 21.9 Å². The smallest absolute Gasteiger partial charge is 0.00788 e. The zero-order valence-corrected chi connectivity index (χ0v) is 8.53. The second-order valence-electron chi connectivity index (χ2n) is 3.48. The van der Waals surface area contributed by atoms with Gasteiger partial charge in [0.15, 0.2) is 0 Å². The largest absolute Gasteiger partial charge is 0.145 e. The Labute approximate surface area is 73.3 Å². The highest BCUT2D eigenvalue weighted by Crippen LogP contribution is 2.29. The van der Waals surface area contributed by atoms with Gasteiger partial charge in [-0.3, -0.25) is 0 Å². The molecule has 1 atom stereocenters. The van der Waals surface area contributed by atoms with E-state index in [9.17, 15) is 0 Å². The normalized spacial score (nSPS) is 13.9. The lowest BCUT2D eigenvalue weighted by atomic mass is 9.97. The summed E-state index contributed by atoms with van der Waals surface area (Å²) in [5.74, 6) is 1.47. The predicted molar refractivity (Wildman–Crippen MR) is 52.3 cm³/mol. The Morgan fingerprint density at radius 3 is 2.18 bits per heavy atom. The molecule has 0 unspecified atom stereocenters. The van der Waals surface area contributed by atoms with Crippen LogP contribution in [0.15, 0.2) is 12.1 Å². The molecule has 0 saturated heterocycles. The van der Waals surface area contributed by atoms with Crippen molar-refractivity contribution in [2.45, 2.75) is 33.6 Å². The first-order chi connectivity index (χ1) is 5.11. The molecule has 0 aliphatic carbocycles. The number of hydrogen-bond donors (Lipinski definition) is 0. The monoisotopic (exact) mass is 168 g/mol. The van der Waals surface area contributed by atoms with Gasteiger partial charge in [-0.05, 0) is 30.9 Å². The van der Waals surface area contributed by atoms with Crippen molar-refractivity contribution in [3.8, 4) is 0 Å². The summed E-state index contributed by atoms with van der Waals surface area (Å²) in [4.78, 5) is 2.95. The Morgan fingerprint density at radius 2 is 1.82 bits per heavy atom. The SMILES string of the molecule is Cc1ccc([C@H](C)C(C)C)s1. The average molecular weight is 168 g/mol. The van der Waals surface area contributed by atoms with Gasteiger partial charge in [0.25, 0.3) is 0 Å². The minimum atomic E-state index is 0.716. The second kappa shape index (κ2) is 3.40. The fourth-order valence-electron chi connectivity index (χ4n) is 1.03. The third-order valence-corrected chi connectivity index (χ3v) is 3.41. The van der Waals surface area contributed by atoms with E-state index in [0.29, 0.717) is 5.92 Å². The van der Waals surface area contributed by atoms with Gasteiger partial charge in [0.05, 0.1) is 0 Å². The topological polar surface area (TPSA) is 0 Å². The van der Waals surface area contributed by atoms with E-state index < -0.39 is 0 Å². The molecule has 0 spiro atoms. The fourth-order valence-corrected chi connectivity index (χ4v) is 2.13. The van der Waals surface area contributed by atoms with Crippen molar-refractivity contribution in [2.24, 2.45) is 5.92 Å². The molecule has 0 aliphatic heterocycles. The maximum Gasteiger partial charge on any atom is 0.00788 e. The highest BCUT2D eigenvalue weighted by Gasteiger charge is 2.10. The Hall–Kier alpha value is -0.300. The standard InChI is InChI=1S/C10H16S/c1-7(2)9(4)10-6-5-8(3)11-10/h5-7,9H,1-4H3/t9-/m1/s1. The summed E-state index contributed by atoms with van der Waals surface area (Å²) in [5, 5.41) is 0. The number of hydrogen-bond acceptors (Lipinski definition) is 1. The van der Waals surface area contributed by atoms with E-state index >= 15 is 0 Å². The van der Waals surface area contributed by atoms with E-state index in [4.69, 9.17) is 0 Å². The molecule has 0 saturated carbocycles. The Kier molecular flexibility index (Phi) is 2.72. The number of rotatable bonds is 2. The van der Waals surface area contributed by atoms with Gasteiger partial charge in [-0.15, -0.1) is 11.3 Å². The first-order valence-electron chi connectivity index (χ1n) is 4.17. The molecule has 0 nitrogen and oxygen atoms in total. The van der Waals surface area contributed by atoms with E-state index in [1.165, 1.54) is 9.75 Å². The van der Waals surface area contributed by atoms with Crippen molar-refractivity contribution >= 4 is 11.3 Å². The van der Waals surface area contributed by atoms with E-state index in [0.717, 1.165) is 5.92 Å². The van der Waals surface area contributed by atoms with Crippen LogP contribution in [0.25, 0.3) is 0 Å². The van der Waals surface area contributed by atoms with Crippen LogP contribution in [0.5, 0.6) is 0 Å². The molecule has 11 heavy (non-hydrogen) atoms. The zero-order chi connectivity index (χ0) is 8.43. The van der Waals surface area contributed by atoms with Gasteiger partial charge < -0.3 is 0 Å². The number of aryl methyl sites for hydroxylation is 1. The third-order valence-electron chi connectivity index (χ3n) is 2.21. The van der Waals surface area contributed by atoms with E-state index in [1.807, 2.05) is 11.3 Å². The minimum absolute atomic E-state index is 0.716. The maximum absolute atomic E-state index is 2.30. The molecule has 0 fully saturated rings. The first-order valence-corrected chi connectivity index (χ1v) is 4.99. The van der Waals surface area contributed by atoms with Gasteiger partial charge in [-0.1, -0.05) is 20.8 Å². The van der Waals surface area contributed by atoms with Crippen LogP contribution in [0.3, 0.4) is 0 Å². The predicted octanol–water partition coefficient (Wildman–Crippen LogP) is 3.82. The molecule has 0 bridgehead atoms. The molecule has 0 aromatic carbocycles. The van der Waals surface area contributed by atoms with Crippen molar-refractivity contribution in [3.63, 3.8) is 0 Å². The molecule has 0 radical (unpaired) electrons. The Balaban J connectivity index is 2.76. The summed E-state index contributed by atoms with van der Waals surface area (Å²) < 4.78 is 0. The summed E-state index contributed by atoms with van der Waals surface area (Å²) in [6.07, 6.45) is 0. The summed E-state index contributed by atoms with van der Waals surface area (Å²) in [6.45, 7) is 9.02. The van der Waals surface area contributed by atoms with Gasteiger partial charge in [0.1, 0.15) is 0 Å². The molecule has 0 amide bonds. The summed E-state index contributed by atoms with van der Waals surface area (Å²) in [5.41, 5.74) is 0. The molecule has 1 aromatic heterocycles. The summed E-state index contributed by atoms with van der Waals surface area (Å²) >= 11 is 1.92. The van der Waals surface area contributed by atoms with E-state index in [-0.39, 0.29) is 0 Å². The molecule has 0 N–H and O–H groups in total. The van der Waals surface area contributed by atoms with Gasteiger partial charge in [-0.2, -0.15) is 0 Å². The van der Waals surface area contributed by atoms with Crippen molar-refractivity contribution in [1.29, 1.82) is 0 Å².